The van der Waals surface area contributed by atoms with Gasteiger partial charge in [0.05, 0.1) is 0 Å². The van der Waals surface area contributed by atoms with Crippen LogP contribution in [0.25, 0.3) is 0 Å². The number of para-hydroxylation sites is 1. The largest absolute Gasteiger partial charge is 0.508 e. The Morgan fingerprint density at radius 1 is 0.935 bits per heavy atom. The molecule has 0 aliphatic carbocycles. The van der Waals surface area contributed by atoms with E-state index in [1.165, 1.54) is 17.0 Å². The number of phenolic OH excluding ortho intramolecular Hbond substituents is 2. The Hall–Kier alpha value is -4.00. The molecule has 0 heterocycles. The standard InChI is InChI=1S/C24H24N2O5/c1-16(2)26(19-10-8-18(9-11-19)25-17-6-4-3-5-7-17)23(29)15-31-24(30)21-13-12-20(27)14-22(21)28/h3-14,16,25,27-28H,15H2,1-2H3. The summed E-state index contributed by atoms with van der Waals surface area (Å²) in [6.07, 6.45) is 0. The van der Waals surface area contributed by atoms with Gasteiger partial charge in [-0.15, -0.1) is 0 Å². The van der Waals surface area contributed by atoms with Crippen molar-refractivity contribution in [2.75, 3.05) is 16.8 Å². The number of esters is 1. The molecule has 0 atom stereocenters. The molecular weight excluding hydrogens is 396 g/mol. The first-order chi connectivity index (χ1) is 14.8. The minimum atomic E-state index is -0.850. The fraction of sp³-hybridized carbons (Fsp3) is 0.167. The molecule has 0 saturated heterocycles. The molecule has 3 N–H and O–H groups in total. The van der Waals surface area contributed by atoms with Gasteiger partial charge in [0, 0.05) is 29.2 Å². The highest BCUT2D eigenvalue weighted by Gasteiger charge is 2.22. The highest BCUT2D eigenvalue weighted by Crippen LogP contribution is 2.25. The predicted octanol–water partition coefficient (Wildman–Crippen LogP) is 4.44. The third kappa shape index (κ3) is 5.54. The van der Waals surface area contributed by atoms with Crippen molar-refractivity contribution in [1.29, 1.82) is 0 Å². The summed E-state index contributed by atoms with van der Waals surface area (Å²) in [6, 6.07) is 20.5. The average Bonchev–Trinajstić information content (AvgIpc) is 2.74. The van der Waals surface area contributed by atoms with Crippen LogP contribution in [0.15, 0.2) is 72.8 Å². The number of nitrogens with zero attached hydrogens (tertiary/aromatic N) is 1. The number of benzene rings is 3. The van der Waals surface area contributed by atoms with Crippen LogP contribution in [-0.4, -0.2) is 34.7 Å². The van der Waals surface area contributed by atoms with Gasteiger partial charge in [-0.2, -0.15) is 0 Å². The number of carbonyl (C=O) groups excluding carboxylic acids is 2. The summed E-state index contributed by atoms with van der Waals surface area (Å²) in [5.41, 5.74) is 2.37. The van der Waals surface area contributed by atoms with E-state index in [2.05, 4.69) is 5.32 Å². The Kier molecular flexibility index (Phi) is 6.77. The van der Waals surface area contributed by atoms with E-state index in [0.717, 1.165) is 17.4 Å². The first-order valence-corrected chi connectivity index (χ1v) is 9.78. The molecule has 0 aromatic heterocycles. The van der Waals surface area contributed by atoms with E-state index in [1.54, 1.807) is 0 Å². The number of rotatable bonds is 7. The number of carbonyl (C=O) groups is 2. The van der Waals surface area contributed by atoms with Crippen molar-refractivity contribution < 1.29 is 24.5 Å². The predicted molar refractivity (Wildman–Crippen MR) is 119 cm³/mol. The van der Waals surface area contributed by atoms with Crippen LogP contribution in [0.2, 0.25) is 0 Å². The van der Waals surface area contributed by atoms with E-state index in [0.29, 0.717) is 5.69 Å². The van der Waals surface area contributed by atoms with E-state index in [-0.39, 0.29) is 17.4 Å². The minimum absolute atomic E-state index is 0.127. The molecule has 31 heavy (non-hydrogen) atoms. The summed E-state index contributed by atoms with van der Waals surface area (Å²) < 4.78 is 5.08. The second-order valence-corrected chi connectivity index (χ2v) is 7.17. The zero-order chi connectivity index (χ0) is 22.4. The molecule has 7 nitrogen and oxygen atoms in total. The summed E-state index contributed by atoms with van der Waals surface area (Å²) in [4.78, 5) is 26.5. The Morgan fingerprint density at radius 3 is 2.19 bits per heavy atom. The van der Waals surface area contributed by atoms with Crippen LogP contribution in [-0.2, 0) is 9.53 Å². The quantitative estimate of drug-likeness (QED) is 0.489. The van der Waals surface area contributed by atoms with Gasteiger partial charge in [0.1, 0.15) is 17.1 Å². The van der Waals surface area contributed by atoms with Gasteiger partial charge < -0.3 is 25.2 Å². The van der Waals surface area contributed by atoms with Crippen molar-refractivity contribution in [3.05, 3.63) is 78.4 Å². The van der Waals surface area contributed by atoms with Crippen molar-refractivity contribution in [1.82, 2.24) is 0 Å². The van der Waals surface area contributed by atoms with E-state index < -0.39 is 24.2 Å². The van der Waals surface area contributed by atoms with Gasteiger partial charge in [0.2, 0.25) is 0 Å². The van der Waals surface area contributed by atoms with Crippen LogP contribution < -0.4 is 10.2 Å². The lowest BCUT2D eigenvalue weighted by Crippen LogP contribution is -2.39. The van der Waals surface area contributed by atoms with Crippen molar-refractivity contribution in [3.8, 4) is 11.5 Å². The van der Waals surface area contributed by atoms with E-state index in [9.17, 15) is 19.8 Å². The Bertz CT molecular complexity index is 1050. The number of aromatic hydroxyl groups is 2. The highest BCUT2D eigenvalue weighted by molar-refractivity contribution is 5.98. The third-order valence-corrected chi connectivity index (χ3v) is 4.52. The van der Waals surface area contributed by atoms with Crippen LogP contribution in [0.3, 0.4) is 0 Å². The molecule has 0 saturated carbocycles. The summed E-state index contributed by atoms with van der Waals surface area (Å²) in [7, 11) is 0. The molecule has 160 valence electrons. The molecule has 3 aromatic rings. The highest BCUT2D eigenvalue weighted by atomic mass is 16.5. The number of hydrogen-bond acceptors (Lipinski definition) is 6. The van der Waals surface area contributed by atoms with E-state index in [1.807, 2.05) is 68.4 Å². The topological polar surface area (TPSA) is 99.1 Å². The first-order valence-electron chi connectivity index (χ1n) is 9.78. The molecule has 0 spiro atoms. The van der Waals surface area contributed by atoms with Crippen LogP contribution in [0.1, 0.15) is 24.2 Å². The second kappa shape index (κ2) is 9.67. The van der Waals surface area contributed by atoms with Crippen molar-refractivity contribution in [2.24, 2.45) is 0 Å². The summed E-state index contributed by atoms with van der Waals surface area (Å²) in [5, 5.41) is 22.4. The smallest absolute Gasteiger partial charge is 0.342 e. The van der Waals surface area contributed by atoms with Crippen LogP contribution in [0.4, 0.5) is 17.1 Å². The van der Waals surface area contributed by atoms with Gasteiger partial charge in [-0.05, 0) is 62.4 Å². The fourth-order valence-corrected chi connectivity index (χ4v) is 3.09. The third-order valence-electron chi connectivity index (χ3n) is 4.52. The monoisotopic (exact) mass is 420 g/mol. The van der Waals surface area contributed by atoms with Gasteiger partial charge in [-0.1, -0.05) is 18.2 Å². The first kappa shape index (κ1) is 21.7. The van der Waals surface area contributed by atoms with Crippen molar-refractivity contribution in [2.45, 2.75) is 19.9 Å². The SMILES string of the molecule is CC(C)N(C(=O)COC(=O)c1ccc(O)cc1O)c1ccc(Nc2ccccc2)cc1. The maximum Gasteiger partial charge on any atom is 0.342 e. The molecule has 3 rings (SSSR count). The Labute approximate surface area is 180 Å². The number of amides is 1. The molecule has 0 aliphatic heterocycles. The Balaban J connectivity index is 1.66. The molecule has 0 aliphatic rings. The van der Waals surface area contributed by atoms with Crippen molar-refractivity contribution >= 4 is 28.9 Å². The Morgan fingerprint density at radius 2 is 1.58 bits per heavy atom. The van der Waals surface area contributed by atoms with Gasteiger partial charge >= 0.3 is 5.97 Å². The number of phenols is 2. The van der Waals surface area contributed by atoms with E-state index >= 15 is 0 Å². The maximum atomic E-state index is 12.8. The average molecular weight is 420 g/mol. The zero-order valence-electron chi connectivity index (χ0n) is 17.3. The summed E-state index contributed by atoms with van der Waals surface area (Å²) in [5.74, 6) is -1.84. The molecule has 0 fully saturated rings. The number of nitrogens with one attached hydrogen (secondary N) is 1. The number of anilines is 3. The lowest BCUT2D eigenvalue weighted by Gasteiger charge is -2.27. The summed E-state index contributed by atoms with van der Waals surface area (Å²) in [6.45, 7) is 3.24. The van der Waals surface area contributed by atoms with Crippen LogP contribution in [0, 0.1) is 0 Å². The van der Waals surface area contributed by atoms with Crippen LogP contribution >= 0.6 is 0 Å². The maximum absolute atomic E-state index is 12.8. The molecule has 7 heteroatoms. The molecule has 0 bridgehead atoms. The number of ether oxygens (including phenoxy) is 1. The molecule has 0 radical (unpaired) electrons. The summed E-state index contributed by atoms with van der Waals surface area (Å²) >= 11 is 0. The number of hydrogen-bond donors (Lipinski definition) is 3. The fourth-order valence-electron chi connectivity index (χ4n) is 3.09. The lowest BCUT2D eigenvalue weighted by atomic mass is 10.2. The molecule has 0 unspecified atom stereocenters. The van der Waals surface area contributed by atoms with Crippen LogP contribution in [0.5, 0.6) is 11.5 Å². The second-order valence-electron chi connectivity index (χ2n) is 7.17. The lowest BCUT2D eigenvalue weighted by molar-refractivity contribution is -0.122. The van der Waals surface area contributed by atoms with Gasteiger partial charge in [-0.25, -0.2) is 4.79 Å². The zero-order valence-corrected chi connectivity index (χ0v) is 17.3. The molecule has 3 aromatic carbocycles. The van der Waals surface area contributed by atoms with Crippen molar-refractivity contribution in [3.63, 3.8) is 0 Å². The molecular formula is C24H24N2O5. The van der Waals surface area contributed by atoms with E-state index in [4.69, 9.17) is 4.74 Å². The van der Waals surface area contributed by atoms with Gasteiger partial charge in [-0.3, -0.25) is 4.79 Å². The normalized spacial score (nSPS) is 10.5. The van der Waals surface area contributed by atoms with Gasteiger partial charge in [0.25, 0.3) is 5.91 Å². The molecule has 1 amide bonds. The van der Waals surface area contributed by atoms with Gasteiger partial charge in [0.15, 0.2) is 6.61 Å². The minimum Gasteiger partial charge on any atom is -0.508 e.